The Morgan fingerprint density at radius 3 is 2.00 bits per heavy atom. The van der Waals surface area contributed by atoms with Crippen LogP contribution in [0.5, 0.6) is 0 Å². The molecule has 0 amide bonds. The summed E-state index contributed by atoms with van der Waals surface area (Å²) in [6.45, 7) is 32.7. The number of ketones is 1. The summed E-state index contributed by atoms with van der Waals surface area (Å²) in [6.07, 6.45) is 10.5. The fourth-order valence-corrected chi connectivity index (χ4v) is 22.8. The number of carbonyl (C=O) groups excluding carboxylic acids is 1. The number of Topliss-reactive ketones (excluding diaryl/α,β-unsaturated/α-hetero) is 1. The van der Waals surface area contributed by atoms with Crippen molar-refractivity contribution in [3.63, 3.8) is 0 Å². The van der Waals surface area contributed by atoms with E-state index in [2.05, 4.69) is 94.5 Å². The lowest BCUT2D eigenvalue weighted by molar-refractivity contribution is -0.256. The largest absolute Gasteiger partial charge is 0.414 e. The highest BCUT2D eigenvalue weighted by Gasteiger charge is 2.60. The molecule has 0 aromatic carbocycles. The molecule has 0 saturated carbocycles. The molecule has 0 aromatic heterocycles. The summed E-state index contributed by atoms with van der Waals surface area (Å²) >= 11 is 0. The Kier molecular flexibility index (Phi) is 22.2. The van der Waals surface area contributed by atoms with Crippen LogP contribution in [0.3, 0.4) is 0 Å². The number of hydrogen-bond donors (Lipinski definition) is 0. The van der Waals surface area contributed by atoms with Crippen molar-refractivity contribution in [3.05, 3.63) is 36.5 Å². The van der Waals surface area contributed by atoms with E-state index < -0.39 is 30.7 Å². The summed E-state index contributed by atoms with van der Waals surface area (Å²) in [5, 5.41) is 0. The van der Waals surface area contributed by atoms with Crippen molar-refractivity contribution in [1.29, 1.82) is 0 Å². The SMILES string of the molecule is C=C1CC2CCC34C[C@@H](OC)C(O3)[C@H]3CC(O4)C(O[Si](CC)(CC)CC)[C@H](C/C=C/CC(=O)CC4[C@H](CC5OC(CCC1O2)CC(C)C5=C)O[C@H](CC(CO[Si](CC)(CC)CC)O[Si](CC)(CC)CC)[C@@H]4OC)O3. The lowest BCUT2D eigenvalue weighted by Gasteiger charge is -2.47. The predicted molar refractivity (Wildman–Crippen MR) is 301 cm³/mol. The van der Waals surface area contributed by atoms with E-state index in [9.17, 15) is 4.79 Å². The maximum Gasteiger partial charge on any atom is 0.192 e. The van der Waals surface area contributed by atoms with Crippen molar-refractivity contribution >= 4 is 30.7 Å². The number of allylic oxidation sites excluding steroid dienone is 1. The Morgan fingerprint density at radius 1 is 0.676 bits per heavy atom. The number of ether oxygens (including phenoxy) is 8. The summed E-state index contributed by atoms with van der Waals surface area (Å²) in [5.74, 6) is -0.563. The third-order valence-corrected chi connectivity index (χ3v) is 34.1. The van der Waals surface area contributed by atoms with Crippen LogP contribution < -0.4 is 0 Å². The standard InChI is InChI=1S/C59H104O12Si3/c1-15-72(16-2,17-3)63-39-46(70-73(18-4,19-5)20-6)35-52-56(62-14)47-34-43(60)26-24-25-27-49-58(71-74(21-7,22-8)23-9)54-37-53(66-49)57-55(61-13)38-59(68-54,69-57)31-30-45-33-41(11)48(64-45)29-28-44-32-40(10)42(12)50(65-44)36-51(47)67-52/h24-25,40,44-58H,11-12,15-23,26-39H2,1-10,13-14H3/b25-24+/t40?,44?,45?,46?,47?,48?,49-,50?,51-,52+,53+,54?,55+,56+,57?,58?,59?/m0/s1. The Balaban J connectivity index is 1.19. The van der Waals surface area contributed by atoms with Gasteiger partial charge >= 0.3 is 0 Å². The van der Waals surface area contributed by atoms with Gasteiger partial charge in [-0.25, -0.2) is 0 Å². The molecule has 0 aliphatic carbocycles. The fraction of sp³-hybridized carbons (Fsp3) is 0.881. The van der Waals surface area contributed by atoms with Crippen molar-refractivity contribution in [2.24, 2.45) is 11.8 Å². The van der Waals surface area contributed by atoms with Crippen LogP contribution in [-0.4, -0.2) is 143 Å². The van der Waals surface area contributed by atoms with Gasteiger partial charge in [0.05, 0.1) is 86.0 Å². The second-order valence-corrected chi connectivity index (χ2v) is 38.0. The summed E-state index contributed by atoms with van der Waals surface area (Å²) in [5.41, 5.74) is 2.25. The van der Waals surface area contributed by atoms with Crippen LogP contribution in [0, 0.1) is 11.8 Å². The molecule has 6 saturated heterocycles. The van der Waals surface area contributed by atoms with Crippen molar-refractivity contribution in [1.82, 2.24) is 0 Å². The van der Waals surface area contributed by atoms with Gasteiger partial charge in [0.1, 0.15) is 11.9 Å². The van der Waals surface area contributed by atoms with Gasteiger partial charge in [-0.2, -0.15) is 0 Å². The van der Waals surface area contributed by atoms with Gasteiger partial charge in [-0.1, -0.05) is 94.5 Å². The second kappa shape index (κ2) is 27.0. The van der Waals surface area contributed by atoms with E-state index in [0.29, 0.717) is 58.0 Å². The topological polar surface area (TPSA) is 119 Å². The molecule has 74 heavy (non-hydrogen) atoms. The van der Waals surface area contributed by atoms with Gasteiger partial charge in [-0.15, -0.1) is 0 Å². The van der Waals surface area contributed by atoms with Crippen LogP contribution in [0.1, 0.15) is 153 Å². The third-order valence-electron chi connectivity index (χ3n) is 20.1. The molecule has 12 nitrogen and oxygen atoms in total. The number of fused-ring (bicyclic) bond motifs is 9. The predicted octanol–water partition coefficient (Wildman–Crippen LogP) is 13.0. The molecule has 7 aliphatic rings. The summed E-state index contributed by atoms with van der Waals surface area (Å²) in [7, 11) is -2.48. The first-order chi connectivity index (χ1) is 35.5. The van der Waals surface area contributed by atoms with Crippen molar-refractivity contribution < 1.29 is 56.0 Å². The van der Waals surface area contributed by atoms with E-state index in [4.69, 9.17) is 51.2 Å². The van der Waals surface area contributed by atoms with Crippen molar-refractivity contribution in [2.75, 3.05) is 20.8 Å². The van der Waals surface area contributed by atoms with Gasteiger partial charge in [-0.05, 0) is 110 Å². The van der Waals surface area contributed by atoms with Crippen molar-refractivity contribution in [2.45, 2.75) is 298 Å². The lowest BCUT2D eigenvalue weighted by atomic mass is 9.81. The van der Waals surface area contributed by atoms with Gasteiger partial charge < -0.3 is 51.2 Å². The summed E-state index contributed by atoms with van der Waals surface area (Å²) in [6, 6.07) is 9.50. The van der Waals surface area contributed by atoms with Crippen LogP contribution in [-0.2, 0) is 56.0 Å². The Morgan fingerprint density at radius 2 is 1.35 bits per heavy atom. The zero-order chi connectivity index (χ0) is 53.4. The van der Waals surface area contributed by atoms with Crippen LogP contribution in [0.15, 0.2) is 36.5 Å². The molecule has 7 heterocycles. The molecule has 17 atom stereocenters. The highest BCUT2D eigenvalue weighted by molar-refractivity contribution is 6.74. The average molecular weight is 1090 g/mol. The fourth-order valence-electron chi connectivity index (χ4n) is 14.4. The van der Waals surface area contributed by atoms with E-state index in [1.54, 1.807) is 14.2 Å². The molecule has 0 N–H and O–H groups in total. The smallest absolute Gasteiger partial charge is 0.192 e. The molecule has 7 rings (SSSR count). The highest BCUT2D eigenvalue weighted by atomic mass is 28.4. The zero-order valence-electron chi connectivity index (χ0n) is 48.5. The molecule has 15 heteroatoms. The normalized spacial score (nSPS) is 38.5. The first kappa shape index (κ1) is 60.7. The molecular formula is C59H104O12Si3. The number of hydrogen-bond acceptors (Lipinski definition) is 12. The molecule has 0 aromatic rings. The summed E-state index contributed by atoms with van der Waals surface area (Å²) < 4.78 is 77.3. The van der Waals surface area contributed by atoms with Gasteiger partial charge in [0, 0.05) is 65.1 Å². The average Bonchev–Trinajstić information content (AvgIpc) is 4.04. The molecule has 424 valence electrons. The van der Waals surface area contributed by atoms with E-state index in [0.717, 1.165) is 97.6 Å². The number of methoxy groups -OCH3 is 2. The van der Waals surface area contributed by atoms with Gasteiger partial charge in [0.2, 0.25) is 0 Å². The minimum Gasteiger partial charge on any atom is -0.414 e. The maximum absolute atomic E-state index is 14.5. The Labute approximate surface area is 452 Å². The molecule has 7 aliphatic heterocycles. The Hall–Kier alpha value is -0.899. The third kappa shape index (κ3) is 13.8. The highest BCUT2D eigenvalue weighted by Crippen LogP contribution is 2.50. The second-order valence-electron chi connectivity index (χ2n) is 23.8. The van der Waals surface area contributed by atoms with Crippen LogP contribution >= 0.6 is 0 Å². The number of carbonyl (C=O) groups is 1. The molecule has 0 radical (unpaired) electrons. The van der Waals surface area contributed by atoms with Gasteiger partial charge in [-0.3, -0.25) is 4.79 Å². The quantitative estimate of drug-likeness (QED) is 0.0853. The first-order valence-corrected chi connectivity index (χ1v) is 37.7. The van der Waals surface area contributed by atoms with E-state index in [1.807, 2.05) is 0 Å². The van der Waals surface area contributed by atoms with E-state index in [-0.39, 0.29) is 103 Å². The van der Waals surface area contributed by atoms with Crippen LogP contribution in [0.25, 0.3) is 0 Å². The minimum absolute atomic E-state index is 0.0270. The first-order valence-electron chi connectivity index (χ1n) is 30.1. The van der Waals surface area contributed by atoms with Crippen molar-refractivity contribution in [3.8, 4) is 0 Å². The molecule has 11 unspecified atom stereocenters. The van der Waals surface area contributed by atoms with Gasteiger partial charge in [0.25, 0.3) is 0 Å². The lowest BCUT2D eigenvalue weighted by Crippen LogP contribution is -2.58. The van der Waals surface area contributed by atoms with E-state index >= 15 is 0 Å². The van der Waals surface area contributed by atoms with Crippen LogP contribution in [0.2, 0.25) is 54.4 Å². The maximum atomic E-state index is 14.5. The van der Waals surface area contributed by atoms with Crippen LogP contribution in [0.4, 0.5) is 0 Å². The molecule has 1 spiro atoms. The van der Waals surface area contributed by atoms with E-state index in [1.165, 1.54) is 0 Å². The zero-order valence-corrected chi connectivity index (χ0v) is 51.5. The molecule has 6 fully saturated rings. The molecular weight excluding hydrogens is 985 g/mol. The summed E-state index contributed by atoms with van der Waals surface area (Å²) in [4.78, 5) is 14.5. The Bertz CT molecular complexity index is 1810. The monoisotopic (exact) mass is 1090 g/mol. The molecule has 9 bridgehead atoms. The van der Waals surface area contributed by atoms with Gasteiger partial charge in [0.15, 0.2) is 30.7 Å². The minimum atomic E-state index is -2.11. The number of rotatable bonds is 20.